The van der Waals surface area contributed by atoms with Gasteiger partial charge in [-0.1, -0.05) is 23.8 Å². The lowest BCUT2D eigenvalue weighted by Gasteiger charge is -2.13. The SMILES string of the molecule is CC(C)OC(=O)COc1ccc(C=NN2C(=O)C3C4C=CC(C4)C3C2=O)cc1Cl. The van der Waals surface area contributed by atoms with Crippen LogP contribution in [-0.4, -0.2) is 41.7 Å². The van der Waals surface area contributed by atoms with Gasteiger partial charge < -0.3 is 9.47 Å². The van der Waals surface area contributed by atoms with E-state index in [1.807, 2.05) is 12.2 Å². The number of imide groups is 1. The van der Waals surface area contributed by atoms with E-state index >= 15 is 0 Å². The second-order valence-corrected chi connectivity index (χ2v) is 8.16. The molecule has 8 heteroatoms. The van der Waals surface area contributed by atoms with Crippen LogP contribution in [0.4, 0.5) is 0 Å². The van der Waals surface area contributed by atoms with Gasteiger partial charge in [0.2, 0.25) is 0 Å². The van der Waals surface area contributed by atoms with Crippen molar-refractivity contribution in [2.45, 2.75) is 26.4 Å². The summed E-state index contributed by atoms with van der Waals surface area (Å²) in [5.74, 6) is -0.883. The molecule has 2 fully saturated rings. The molecule has 1 aliphatic heterocycles. The van der Waals surface area contributed by atoms with Crippen LogP contribution in [0, 0.1) is 23.7 Å². The number of hydrogen-bond donors (Lipinski definition) is 0. The lowest BCUT2D eigenvalue weighted by molar-refractivity contribution is -0.149. The van der Waals surface area contributed by atoms with Crippen molar-refractivity contribution in [3.05, 3.63) is 40.9 Å². The minimum Gasteiger partial charge on any atom is -0.480 e. The molecule has 1 saturated heterocycles. The van der Waals surface area contributed by atoms with Gasteiger partial charge in [-0.3, -0.25) is 9.59 Å². The number of halogens is 1. The zero-order valence-corrected chi connectivity index (χ0v) is 16.8. The average Bonchev–Trinajstić information content (AvgIpc) is 3.33. The summed E-state index contributed by atoms with van der Waals surface area (Å²) in [7, 11) is 0. The van der Waals surface area contributed by atoms with Crippen LogP contribution in [0.5, 0.6) is 5.75 Å². The smallest absolute Gasteiger partial charge is 0.344 e. The highest BCUT2D eigenvalue weighted by Gasteiger charge is 2.59. The second kappa shape index (κ2) is 7.63. The molecule has 0 spiro atoms. The van der Waals surface area contributed by atoms with E-state index in [9.17, 15) is 14.4 Å². The monoisotopic (exact) mass is 416 g/mol. The van der Waals surface area contributed by atoms with Crippen molar-refractivity contribution in [3.63, 3.8) is 0 Å². The van der Waals surface area contributed by atoms with Gasteiger partial charge in [-0.2, -0.15) is 10.1 Å². The molecule has 152 valence electrons. The summed E-state index contributed by atoms with van der Waals surface area (Å²) in [4.78, 5) is 36.8. The van der Waals surface area contributed by atoms with E-state index in [-0.39, 0.29) is 53.2 Å². The highest BCUT2D eigenvalue weighted by atomic mass is 35.5. The Kier molecular flexibility index (Phi) is 5.17. The zero-order valence-electron chi connectivity index (χ0n) is 16.1. The van der Waals surface area contributed by atoms with Gasteiger partial charge in [-0.25, -0.2) is 4.79 Å². The van der Waals surface area contributed by atoms with Crippen LogP contribution >= 0.6 is 11.6 Å². The highest BCUT2D eigenvalue weighted by Crippen LogP contribution is 2.52. The van der Waals surface area contributed by atoms with Gasteiger partial charge in [0.15, 0.2) is 6.61 Å². The molecule has 4 rings (SSSR count). The number of benzene rings is 1. The minimum atomic E-state index is -0.484. The molecular weight excluding hydrogens is 396 g/mol. The molecule has 1 heterocycles. The first-order valence-corrected chi connectivity index (χ1v) is 9.95. The first kappa shape index (κ1) is 19.6. The van der Waals surface area contributed by atoms with Gasteiger partial charge in [-0.05, 0) is 55.9 Å². The molecule has 0 radical (unpaired) electrons. The predicted molar refractivity (Wildman–Crippen MR) is 105 cm³/mol. The van der Waals surface area contributed by atoms with Crippen LogP contribution in [0.1, 0.15) is 25.8 Å². The Morgan fingerprint density at radius 1 is 1.24 bits per heavy atom. The van der Waals surface area contributed by atoms with Crippen LogP contribution in [0.3, 0.4) is 0 Å². The number of rotatable bonds is 6. The summed E-state index contributed by atoms with van der Waals surface area (Å²) in [5, 5.41) is 5.39. The fourth-order valence-corrected chi connectivity index (χ4v) is 4.52. The molecule has 1 saturated carbocycles. The quantitative estimate of drug-likeness (QED) is 0.308. The summed E-state index contributed by atoms with van der Waals surface area (Å²) in [6, 6.07) is 4.86. The molecule has 3 aliphatic rings. The molecule has 1 aromatic carbocycles. The minimum absolute atomic E-state index is 0.148. The Morgan fingerprint density at radius 3 is 2.48 bits per heavy atom. The largest absolute Gasteiger partial charge is 0.480 e. The number of carbonyl (C=O) groups is 3. The van der Waals surface area contributed by atoms with Crippen molar-refractivity contribution in [1.29, 1.82) is 0 Å². The Hall–Kier alpha value is -2.67. The maximum absolute atomic E-state index is 12.6. The summed E-state index contributed by atoms with van der Waals surface area (Å²) < 4.78 is 10.4. The van der Waals surface area contributed by atoms with E-state index in [0.29, 0.717) is 11.3 Å². The van der Waals surface area contributed by atoms with Crippen molar-refractivity contribution in [3.8, 4) is 5.75 Å². The standard InChI is InChI=1S/C21H21ClN2O5/c1-11(2)29-17(25)10-28-16-6-3-12(7-15(16)22)9-23-24-20(26)18-13-4-5-14(8-13)19(18)21(24)27/h3-7,9,11,13-14,18-19H,8,10H2,1-2H3. The number of carbonyl (C=O) groups excluding carboxylic acids is 3. The number of ether oxygens (including phenoxy) is 2. The van der Waals surface area contributed by atoms with Crippen molar-refractivity contribution < 1.29 is 23.9 Å². The fourth-order valence-electron chi connectivity index (χ4n) is 4.27. The van der Waals surface area contributed by atoms with Crippen molar-refractivity contribution in [1.82, 2.24) is 5.01 Å². The molecule has 1 aromatic rings. The van der Waals surface area contributed by atoms with Crippen LogP contribution in [0.25, 0.3) is 0 Å². The second-order valence-electron chi connectivity index (χ2n) is 7.75. The first-order chi connectivity index (χ1) is 13.8. The summed E-state index contributed by atoms with van der Waals surface area (Å²) in [6.07, 6.45) is 6.17. The summed E-state index contributed by atoms with van der Waals surface area (Å²) in [6.45, 7) is 3.26. The number of hydrogen-bond acceptors (Lipinski definition) is 6. The highest BCUT2D eigenvalue weighted by molar-refractivity contribution is 6.32. The van der Waals surface area contributed by atoms with E-state index in [1.165, 1.54) is 6.21 Å². The molecule has 2 aliphatic carbocycles. The third kappa shape index (κ3) is 3.67. The molecule has 0 aromatic heterocycles. The number of amides is 2. The lowest BCUT2D eigenvalue weighted by Crippen LogP contribution is -2.28. The van der Waals surface area contributed by atoms with Gasteiger partial charge in [0.1, 0.15) is 5.75 Å². The topological polar surface area (TPSA) is 85.3 Å². The molecule has 4 unspecified atom stereocenters. The molecular formula is C21H21ClN2O5. The van der Waals surface area contributed by atoms with E-state index in [0.717, 1.165) is 11.4 Å². The molecule has 2 bridgehead atoms. The van der Waals surface area contributed by atoms with Crippen molar-refractivity contribution in [2.75, 3.05) is 6.61 Å². The van der Waals surface area contributed by atoms with Crippen LogP contribution in [0.2, 0.25) is 5.02 Å². The normalized spacial score (nSPS) is 27.4. The third-order valence-corrected chi connectivity index (χ3v) is 5.73. The first-order valence-electron chi connectivity index (χ1n) is 9.57. The Bertz CT molecular complexity index is 896. The van der Waals surface area contributed by atoms with Gasteiger partial charge in [0, 0.05) is 0 Å². The van der Waals surface area contributed by atoms with Crippen LogP contribution in [-0.2, 0) is 19.1 Å². The van der Waals surface area contributed by atoms with Crippen molar-refractivity contribution in [2.24, 2.45) is 28.8 Å². The molecule has 4 atom stereocenters. The van der Waals surface area contributed by atoms with Crippen LogP contribution < -0.4 is 4.74 Å². The Morgan fingerprint density at radius 2 is 1.90 bits per heavy atom. The lowest BCUT2D eigenvalue weighted by atomic mass is 9.85. The fraction of sp³-hybridized carbons (Fsp3) is 0.429. The van der Waals surface area contributed by atoms with Crippen molar-refractivity contribution >= 4 is 35.6 Å². The van der Waals surface area contributed by atoms with E-state index in [1.54, 1.807) is 32.0 Å². The number of fused-ring (bicyclic) bond motifs is 5. The van der Waals surface area contributed by atoms with E-state index in [2.05, 4.69) is 5.10 Å². The number of allylic oxidation sites excluding steroid dienone is 2. The molecule has 7 nitrogen and oxygen atoms in total. The van der Waals surface area contributed by atoms with E-state index < -0.39 is 5.97 Å². The average molecular weight is 417 g/mol. The number of esters is 1. The van der Waals surface area contributed by atoms with Gasteiger partial charge in [-0.15, -0.1) is 0 Å². The molecule has 2 amide bonds. The summed E-state index contributed by atoms with van der Waals surface area (Å²) >= 11 is 6.20. The summed E-state index contributed by atoms with van der Waals surface area (Å²) in [5.41, 5.74) is 0.603. The number of nitrogens with zero attached hydrogens (tertiary/aromatic N) is 2. The third-order valence-electron chi connectivity index (χ3n) is 5.44. The van der Waals surface area contributed by atoms with Gasteiger partial charge >= 0.3 is 5.97 Å². The van der Waals surface area contributed by atoms with Gasteiger partial charge in [0.25, 0.3) is 11.8 Å². The van der Waals surface area contributed by atoms with Crippen LogP contribution in [0.15, 0.2) is 35.5 Å². The Labute approximate surface area is 173 Å². The Balaban J connectivity index is 1.40. The molecule has 0 N–H and O–H groups in total. The predicted octanol–water partition coefficient (Wildman–Crippen LogP) is 2.81. The van der Waals surface area contributed by atoms with Gasteiger partial charge in [0.05, 0.1) is 29.2 Å². The maximum Gasteiger partial charge on any atom is 0.344 e. The maximum atomic E-state index is 12.6. The number of hydrazone groups is 1. The zero-order chi connectivity index (χ0) is 20.7. The molecule has 29 heavy (non-hydrogen) atoms. The van der Waals surface area contributed by atoms with E-state index in [4.69, 9.17) is 21.1 Å².